The molecule has 1 atom stereocenters. The Hall–Kier alpha value is -2.20. The topological polar surface area (TPSA) is 103 Å². The molecule has 0 aliphatic heterocycles. The van der Waals surface area contributed by atoms with Crippen LogP contribution >= 0.6 is 7.37 Å². The van der Waals surface area contributed by atoms with E-state index in [1.54, 1.807) is 11.6 Å². The van der Waals surface area contributed by atoms with Gasteiger partial charge in [0.2, 0.25) is 5.75 Å². The van der Waals surface area contributed by atoms with Crippen molar-refractivity contribution >= 4 is 7.37 Å². The Morgan fingerprint density at radius 1 is 0.531 bits per heavy atom. The van der Waals surface area contributed by atoms with Gasteiger partial charge in [-0.1, -0.05) is 199 Å². The number of aromatic nitrogens is 3. The lowest BCUT2D eigenvalue weighted by Gasteiger charge is -2.19. The van der Waals surface area contributed by atoms with Crippen LogP contribution in [-0.4, -0.2) is 67.4 Å². The van der Waals surface area contributed by atoms with Crippen LogP contribution in [0.4, 0.5) is 4.39 Å². The van der Waals surface area contributed by atoms with Crippen LogP contribution in [0.2, 0.25) is 0 Å². The Kier molecular flexibility index (Phi) is 37.1. The summed E-state index contributed by atoms with van der Waals surface area (Å²) in [6.45, 7) is 11.7. The summed E-state index contributed by atoms with van der Waals surface area (Å²) in [5.41, 5.74) is 1.68. The molecule has 64 heavy (non-hydrogen) atoms. The van der Waals surface area contributed by atoms with E-state index >= 15 is 0 Å². The zero-order chi connectivity index (χ0) is 46.0. The third-order valence-electron chi connectivity index (χ3n) is 11.7. The highest BCUT2D eigenvalue weighted by molar-refractivity contribution is 7.58. The van der Waals surface area contributed by atoms with Crippen LogP contribution in [0.25, 0.3) is 0 Å². The van der Waals surface area contributed by atoms with Crippen molar-refractivity contribution in [2.45, 2.75) is 233 Å². The van der Waals surface area contributed by atoms with Crippen LogP contribution in [0.3, 0.4) is 0 Å². The molecule has 0 N–H and O–H groups in total. The minimum Gasteiger partial charge on any atom is -0.490 e. The second-order valence-electron chi connectivity index (χ2n) is 17.9. The predicted molar refractivity (Wildman–Crippen MR) is 263 cm³/mol. The summed E-state index contributed by atoms with van der Waals surface area (Å²) < 4.78 is 63.1. The fourth-order valence-corrected chi connectivity index (χ4v) is 8.99. The molecule has 1 aromatic carbocycles. The molecule has 12 heteroatoms. The number of unbranched alkanes of at least 4 members (excludes halogenated alkanes) is 27. The standard InChI is InChI=1S/C52H95FN3O7P/c1-5-9-12-15-18-21-24-27-30-33-36-60-50-41-48(43-56-44-49(54-55-56)45-58-39-40-59-47-64(57,46-53)63-8-4)42-51(61-37-34-31-28-25-22-19-16-13-10-6-2)52(50)62-38-35-32-29-26-23-20-17-14-11-7-3/h41-42,44H,5-40,43,45-47H2,1-4H3. The number of benzene rings is 1. The van der Waals surface area contributed by atoms with Crippen molar-refractivity contribution in [3.05, 3.63) is 29.6 Å². The van der Waals surface area contributed by atoms with Crippen molar-refractivity contribution < 1.29 is 37.2 Å². The number of hydrogen-bond acceptors (Lipinski definition) is 9. The van der Waals surface area contributed by atoms with Gasteiger partial charge in [-0.3, -0.25) is 4.57 Å². The molecular formula is C52H95FN3O7P. The summed E-state index contributed by atoms with van der Waals surface area (Å²) in [5.74, 6) is 2.20. The predicted octanol–water partition coefficient (Wildman–Crippen LogP) is 16.0. The average Bonchev–Trinajstić information content (AvgIpc) is 3.75. The van der Waals surface area contributed by atoms with Crippen molar-refractivity contribution in [3.8, 4) is 17.2 Å². The molecule has 0 radical (unpaired) electrons. The van der Waals surface area contributed by atoms with Gasteiger partial charge >= 0.3 is 0 Å². The lowest BCUT2D eigenvalue weighted by atomic mass is 10.1. The minimum atomic E-state index is -3.40. The molecule has 372 valence electrons. The lowest BCUT2D eigenvalue weighted by Crippen LogP contribution is -2.08. The molecule has 1 aromatic heterocycles. The fourth-order valence-electron chi connectivity index (χ4n) is 7.89. The zero-order valence-corrected chi connectivity index (χ0v) is 42.4. The first-order valence-corrected chi connectivity index (χ1v) is 28.4. The van der Waals surface area contributed by atoms with Gasteiger partial charge in [0.1, 0.15) is 12.0 Å². The van der Waals surface area contributed by atoms with Crippen LogP contribution in [0, 0.1) is 0 Å². The number of nitrogens with zero attached hydrogens (tertiary/aromatic N) is 3. The summed E-state index contributed by atoms with van der Waals surface area (Å²) in [6, 6.07) is 4.18. The van der Waals surface area contributed by atoms with Gasteiger partial charge in [-0.05, 0) is 43.9 Å². The maximum atomic E-state index is 13.2. The van der Waals surface area contributed by atoms with E-state index < -0.39 is 13.8 Å². The molecule has 0 saturated heterocycles. The fraction of sp³-hybridized carbons (Fsp3) is 0.846. The molecule has 0 fully saturated rings. The van der Waals surface area contributed by atoms with Crippen LogP contribution in [0.1, 0.15) is 232 Å². The van der Waals surface area contributed by atoms with E-state index in [0.717, 1.165) is 61.3 Å². The number of rotatable bonds is 48. The summed E-state index contributed by atoms with van der Waals surface area (Å²) in [6.07, 6.45) is 38.9. The monoisotopic (exact) mass is 924 g/mol. The van der Waals surface area contributed by atoms with E-state index in [1.165, 1.54) is 154 Å². The molecule has 2 aromatic rings. The average molecular weight is 924 g/mol. The molecule has 2 rings (SSSR count). The van der Waals surface area contributed by atoms with Crippen LogP contribution < -0.4 is 14.2 Å². The van der Waals surface area contributed by atoms with Gasteiger partial charge in [0.05, 0.1) is 59.0 Å². The smallest absolute Gasteiger partial charge is 0.258 e. The molecule has 1 unspecified atom stereocenters. The Morgan fingerprint density at radius 3 is 1.36 bits per heavy atom. The quantitative estimate of drug-likeness (QED) is 0.0474. The first kappa shape index (κ1) is 57.9. The van der Waals surface area contributed by atoms with Crippen LogP contribution in [0.5, 0.6) is 17.2 Å². The highest BCUT2D eigenvalue weighted by atomic mass is 31.2. The van der Waals surface area contributed by atoms with Crippen molar-refractivity contribution in [3.63, 3.8) is 0 Å². The number of ether oxygens (including phenoxy) is 5. The summed E-state index contributed by atoms with van der Waals surface area (Å²) in [4.78, 5) is 0. The SMILES string of the molecule is CCCCCCCCCCCCOc1cc(Cn2cc(COCCOCP(=O)(CF)OCC)nn2)cc(OCCCCCCCCCCCC)c1OCCCCCCCCCCCC. The van der Waals surface area contributed by atoms with E-state index in [-0.39, 0.29) is 32.8 Å². The maximum Gasteiger partial charge on any atom is 0.258 e. The van der Waals surface area contributed by atoms with Crippen molar-refractivity contribution in [1.29, 1.82) is 0 Å². The number of hydrogen-bond donors (Lipinski definition) is 0. The highest BCUT2D eigenvalue weighted by Crippen LogP contribution is 2.46. The summed E-state index contributed by atoms with van der Waals surface area (Å²) >= 11 is 0. The summed E-state index contributed by atoms with van der Waals surface area (Å²) in [5, 5.41) is 8.72. The molecule has 0 aliphatic rings. The maximum absolute atomic E-state index is 13.2. The van der Waals surface area contributed by atoms with E-state index in [9.17, 15) is 8.96 Å². The molecule has 0 amide bonds. The van der Waals surface area contributed by atoms with Gasteiger partial charge in [0.15, 0.2) is 17.9 Å². The lowest BCUT2D eigenvalue weighted by molar-refractivity contribution is 0.0509. The minimum absolute atomic E-state index is 0.169. The summed E-state index contributed by atoms with van der Waals surface area (Å²) in [7, 11) is -3.40. The Morgan fingerprint density at radius 2 is 0.938 bits per heavy atom. The van der Waals surface area contributed by atoms with Crippen molar-refractivity contribution in [2.24, 2.45) is 0 Å². The molecule has 0 spiro atoms. The van der Waals surface area contributed by atoms with Crippen LogP contribution in [-0.2, 0) is 31.7 Å². The molecule has 0 saturated carbocycles. The largest absolute Gasteiger partial charge is 0.490 e. The van der Waals surface area contributed by atoms with E-state index in [4.69, 9.17) is 28.2 Å². The van der Waals surface area contributed by atoms with Gasteiger partial charge in [-0.15, -0.1) is 5.10 Å². The van der Waals surface area contributed by atoms with Gasteiger partial charge in [-0.25, -0.2) is 9.07 Å². The first-order chi connectivity index (χ1) is 31.5. The molecule has 0 bridgehead atoms. The van der Waals surface area contributed by atoms with Crippen molar-refractivity contribution in [2.75, 3.05) is 52.4 Å². The molecule has 10 nitrogen and oxygen atoms in total. The van der Waals surface area contributed by atoms with Gasteiger partial charge in [0.25, 0.3) is 7.37 Å². The van der Waals surface area contributed by atoms with Crippen molar-refractivity contribution in [1.82, 2.24) is 15.0 Å². The van der Waals surface area contributed by atoms with Gasteiger partial charge in [-0.2, -0.15) is 0 Å². The van der Waals surface area contributed by atoms with E-state index in [1.807, 2.05) is 6.20 Å². The third kappa shape index (κ3) is 30.2. The highest BCUT2D eigenvalue weighted by Gasteiger charge is 2.23. The Balaban J connectivity index is 2.08. The van der Waals surface area contributed by atoms with E-state index in [0.29, 0.717) is 32.1 Å². The number of halogens is 1. The molecule has 0 aliphatic carbocycles. The second-order valence-corrected chi connectivity index (χ2v) is 20.2. The number of alkyl halides is 1. The van der Waals surface area contributed by atoms with Gasteiger partial charge in [0, 0.05) is 0 Å². The normalized spacial score (nSPS) is 12.5. The first-order valence-electron chi connectivity index (χ1n) is 26.4. The molecular weight excluding hydrogens is 829 g/mol. The van der Waals surface area contributed by atoms with Gasteiger partial charge < -0.3 is 28.2 Å². The third-order valence-corrected chi connectivity index (χ3v) is 13.4. The van der Waals surface area contributed by atoms with E-state index in [2.05, 4.69) is 43.2 Å². The zero-order valence-electron chi connectivity index (χ0n) is 41.5. The Bertz CT molecular complexity index is 1350. The Labute approximate surface area is 391 Å². The molecule has 1 heterocycles. The second kappa shape index (κ2) is 41.0. The van der Waals surface area contributed by atoms with Crippen LogP contribution in [0.15, 0.2) is 18.3 Å².